The summed E-state index contributed by atoms with van der Waals surface area (Å²) in [7, 11) is 1.46. The van der Waals surface area contributed by atoms with Gasteiger partial charge in [0.15, 0.2) is 11.5 Å². The molecule has 130 valence electrons. The van der Waals surface area contributed by atoms with Crippen molar-refractivity contribution in [3.8, 4) is 11.5 Å². The second-order valence-electron chi connectivity index (χ2n) is 6.22. The van der Waals surface area contributed by atoms with Crippen LogP contribution in [0.25, 0.3) is 0 Å². The number of likely N-dealkylation sites (tertiary alicyclic amines) is 1. The second kappa shape index (κ2) is 7.64. The van der Waals surface area contributed by atoms with E-state index in [0.29, 0.717) is 23.6 Å². The highest BCUT2D eigenvalue weighted by Crippen LogP contribution is 2.38. The van der Waals surface area contributed by atoms with Crippen LogP contribution in [0.4, 0.5) is 8.78 Å². The zero-order valence-corrected chi connectivity index (χ0v) is 13.9. The van der Waals surface area contributed by atoms with Gasteiger partial charge in [-0.15, -0.1) is 12.4 Å². The van der Waals surface area contributed by atoms with E-state index in [1.54, 1.807) is 12.1 Å². The van der Waals surface area contributed by atoms with E-state index in [2.05, 4.69) is 9.64 Å². The van der Waals surface area contributed by atoms with Crippen LogP contribution in [0.5, 0.6) is 11.5 Å². The zero-order valence-electron chi connectivity index (χ0n) is 13.1. The molecule has 3 atom stereocenters. The van der Waals surface area contributed by atoms with E-state index in [1.807, 2.05) is 6.07 Å². The lowest BCUT2D eigenvalue weighted by atomic mass is 9.98. The van der Waals surface area contributed by atoms with Gasteiger partial charge in [0.2, 0.25) is 0 Å². The lowest BCUT2D eigenvalue weighted by Crippen LogP contribution is -2.30. The molecule has 3 rings (SSSR count). The highest BCUT2D eigenvalue weighted by atomic mass is 35.5. The van der Waals surface area contributed by atoms with Gasteiger partial charge < -0.3 is 15.2 Å². The smallest absolute Gasteiger partial charge is 0.387 e. The Hall–Kier alpha value is -1.11. The molecule has 23 heavy (non-hydrogen) atoms. The summed E-state index contributed by atoms with van der Waals surface area (Å²) in [5.74, 6) is 1.72. The van der Waals surface area contributed by atoms with E-state index in [1.165, 1.54) is 13.5 Å². The largest absolute Gasteiger partial charge is 0.493 e. The molecule has 2 aliphatic rings. The van der Waals surface area contributed by atoms with E-state index in [0.717, 1.165) is 31.6 Å². The first-order chi connectivity index (χ1) is 10.6. The number of ether oxygens (including phenoxy) is 2. The van der Waals surface area contributed by atoms with Gasteiger partial charge in [0.25, 0.3) is 0 Å². The molecule has 1 aliphatic heterocycles. The zero-order chi connectivity index (χ0) is 15.7. The molecule has 1 heterocycles. The molecule has 2 N–H and O–H groups in total. The normalized spacial score (nSPS) is 26.9. The minimum Gasteiger partial charge on any atom is -0.493 e. The summed E-state index contributed by atoms with van der Waals surface area (Å²) < 4.78 is 34.3. The number of halogens is 3. The van der Waals surface area contributed by atoms with E-state index < -0.39 is 6.61 Å². The summed E-state index contributed by atoms with van der Waals surface area (Å²) in [4.78, 5) is 2.39. The maximum atomic E-state index is 12.3. The summed E-state index contributed by atoms with van der Waals surface area (Å²) in [6.45, 7) is 0.0175. The lowest BCUT2D eigenvalue weighted by molar-refractivity contribution is -0.0512. The topological polar surface area (TPSA) is 47.7 Å². The van der Waals surface area contributed by atoms with Gasteiger partial charge in [-0.25, -0.2) is 0 Å². The van der Waals surface area contributed by atoms with Crippen LogP contribution in [0.2, 0.25) is 0 Å². The van der Waals surface area contributed by atoms with Crippen LogP contribution >= 0.6 is 12.4 Å². The number of hydrogen-bond donors (Lipinski definition) is 1. The molecule has 0 spiro atoms. The molecular formula is C16H23ClF2N2O2. The third-order valence-corrected chi connectivity index (χ3v) is 4.84. The lowest BCUT2D eigenvalue weighted by Gasteiger charge is -2.19. The molecule has 0 amide bonds. The highest BCUT2D eigenvalue weighted by molar-refractivity contribution is 5.85. The molecular weight excluding hydrogens is 326 g/mol. The van der Waals surface area contributed by atoms with Crippen molar-refractivity contribution in [1.29, 1.82) is 0 Å². The van der Waals surface area contributed by atoms with E-state index in [4.69, 9.17) is 10.5 Å². The molecule has 0 bridgehead atoms. The summed E-state index contributed by atoms with van der Waals surface area (Å²) in [5.41, 5.74) is 7.19. The molecule has 0 aromatic heterocycles. The Morgan fingerprint density at radius 3 is 2.70 bits per heavy atom. The fourth-order valence-corrected chi connectivity index (χ4v) is 3.79. The Morgan fingerprint density at radius 1 is 1.26 bits per heavy atom. The van der Waals surface area contributed by atoms with Crippen LogP contribution in [0, 0.1) is 11.8 Å². The quantitative estimate of drug-likeness (QED) is 0.889. The first-order valence-electron chi connectivity index (χ1n) is 7.66. The van der Waals surface area contributed by atoms with E-state index in [-0.39, 0.29) is 18.2 Å². The molecule has 1 aromatic carbocycles. The Morgan fingerprint density at radius 2 is 2.04 bits per heavy atom. The first-order valence-corrected chi connectivity index (χ1v) is 7.66. The predicted molar refractivity (Wildman–Crippen MR) is 86.3 cm³/mol. The molecule has 1 aliphatic carbocycles. The van der Waals surface area contributed by atoms with Crippen LogP contribution < -0.4 is 15.2 Å². The summed E-state index contributed by atoms with van der Waals surface area (Å²) >= 11 is 0. The number of hydrogen-bond acceptors (Lipinski definition) is 4. The Bertz CT molecular complexity index is 533. The van der Waals surface area contributed by atoms with Crippen molar-refractivity contribution < 1.29 is 18.3 Å². The Kier molecular flexibility index (Phi) is 6.06. The van der Waals surface area contributed by atoms with Crippen molar-refractivity contribution in [3.63, 3.8) is 0 Å². The predicted octanol–water partition coefficient (Wildman–Crippen LogP) is 2.89. The van der Waals surface area contributed by atoms with Gasteiger partial charge in [-0.3, -0.25) is 4.90 Å². The van der Waals surface area contributed by atoms with Crippen LogP contribution in [0.15, 0.2) is 18.2 Å². The summed E-state index contributed by atoms with van der Waals surface area (Å²) in [5, 5.41) is 0. The molecule has 4 nitrogen and oxygen atoms in total. The highest BCUT2D eigenvalue weighted by Gasteiger charge is 2.40. The number of fused-ring (bicyclic) bond motifs is 1. The number of nitrogens with zero attached hydrogens (tertiary/aromatic N) is 1. The van der Waals surface area contributed by atoms with Crippen LogP contribution in [0.3, 0.4) is 0 Å². The molecule has 1 saturated carbocycles. The van der Waals surface area contributed by atoms with Crippen molar-refractivity contribution in [1.82, 2.24) is 4.90 Å². The molecule has 7 heteroatoms. The van der Waals surface area contributed by atoms with Crippen molar-refractivity contribution in [2.24, 2.45) is 17.6 Å². The maximum absolute atomic E-state index is 12.3. The molecule has 1 saturated heterocycles. The van der Waals surface area contributed by atoms with Crippen LogP contribution in [-0.2, 0) is 6.54 Å². The van der Waals surface area contributed by atoms with Gasteiger partial charge in [0, 0.05) is 25.7 Å². The number of nitrogens with two attached hydrogens (primary N) is 1. The van der Waals surface area contributed by atoms with Gasteiger partial charge in [-0.05, 0) is 42.4 Å². The Labute approximate surface area is 141 Å². The van der Waals surface area contributed by atoms with E-state index >= 15 is 0 Å². The van der Waals surface area contributed by atoms with Crippen molar-refractivity contribution in [3.05, 3.63) is 23.8 Å². The molecule has 1 aromatic rings. The monoisotopic (exact) mass is 348 g/mol. The first kappa shape index (κ1) is 18.2. The van der Waals surface area contributed by atoms with Gasteiger partial charge >= 0.3 is 6.61 Å². The standard InChI is InChI=1S/C16H22F2N2O2.ClH/c1-21-15-6-10(2-5-14(15)22-16(17)18)7-20-8-11-3-4-13(19)12(11)9-20;/h2,5-6,11-13,16H,3-4,7-9,19H2,1H3;1H. The van der Waals surface area contributed by atoms with Gasteiger partial charge in [-0.1, -0.05) is 6.07 Å². The number of rotatable bonds is 5. The SMILES string of the molecule is COc1cc(CN2CC3CCC(N)C3C2)ccc1OC(F)F.Cl. The number of benzene rings is 1. The van der Waals surface area contributed by atoms with Gasteiger partial charge in [-0.2, -0.15) is 8.78 Å². The summed E-state index contributed by atoms with van der Waals surface area (Å²) in [6, 6.07) is 5.45. The van der Waals surface area contributed by atoms with Crippen LogP contribution in [0.1, 0.15) is 18.4 Å². The van der Waals surface area contributed by atoms with Gasteiger partial charge in [0.05, 0.1) is 7.11 Å². The minimum absolute atomic E-state index is 0. The third kappa shape index (κ3) is 4.05. The van der Waals surface area contributed by atoms with E-state index in [9.17, 15) is 8.78 Å². The number of alkyl halides is 2. The third-order valence-electron chi connectivity index (χ3n) is 4.84. The fourth-order valence-electron chi connectivity index (χ4n) is 3.79. The fraction of sp³-hybridized carbons (Fsp3) is 0.625. The molecule has 0 radical (unpaired) electrons. The minimum atomic E-state index is -2.85. The van der Waals surface area contributed by atoms with Crippen molar-refractivity contribution in [2.45, 2.75) is 32.0 Å². The van der Waals surface area contributed by atoms with Crippen molar-refractivity contribution in [2.75, 3.05) is 20.2 Å². The maximum Gasteiger partial charge on any atom is 0.387 e. The van der Waals surface area contributed by atoms with Crippen molar-refractivity contribution >= 4 is 12.4 Å². The summed E-state index contributed by atoms with van der Waals surface area (Å²) in [6.07, 6.45) is 2.35. The van der Waals surface area contributed by atoms with Gasteiger partial charge in [0.1, 0.15) is 0 Å². The second-order valence-corrected chi connectivity index (χ2v) is 6.22. The average Bonchev–Trinajstić information content (AvgIpc) is 3.02. The Balaban J connectivity index is 0.00000192. The average molecular weight is 349 g/mol. The molecule has 3 unspecified atom stereocenters. The molecule has 2 fully saturated rings. The van der Waals surface area contributed by atoms with Crippen LogP contribution in [-0.4, -0.2) is 37.8 Å². The number of methoxy groups -OCH3 is 1.